The first-order valence-corrected chi connectivity index (χ1v) is 7.28. The average molecular weight is 281 g/mol. The number of amides is 1. The van der Waals surface area contributed by atoms with Gasteiger partial charge in [0.15, 0.2) is 0 Å². The molecule has 19 heavy (non-hydrogen) atoms. The zero-order chi connectivity index (χ0) is 14.0. The van der Waals surface area contributed by atoms with E-state index in [-0.39, 0.29) is 23.3 Å². The van der Waals surface area contributed by atoms with Crippen LogP contribution in [0.15, 0.2) is 29.2 Å². The van der Waals surface area contributed by atoms with Gasteiger partial charge in [0.25, 0.3) is 0 Å². The number of carbonyl (C=O) groups is 2. The van der Waals surface area contributed by atoms with Crippen LogP contribution in [-0.4, -0.2) is 44.9 Å². The van der Waals surface area contributed by atoms with Gasteiger partial charge in [-0.1, -0.05) is 6.07 Å². The summed E-state index contributed by atoms with van der Waals surface area (Å²) in [5.41, 5.74) is 0.0776. The van der Waals surface area contributed by atoms with Crippen molar-refractivity contribution in [2.45, 2.75) is 23.8 Å². The fourth-order valence-corrected chi connectivity index (χ4v) is 2.82. The Balaban J connectivity index is 2.04. The number of hydrogen-bond donors (Lipinski definition) is 1. The molecule has 1 aromatic rings. The SMILES string of the molecule is CN(C(=O)CS(=O)c1cccc(C(=O)O)c1)C1CC1. The molecule has 6 heteroatoms. The molecule has 102 valence electrons. The number of hydrogen-bond acceptors (Lipinski definition) is 3. The van der Waals surface area contributed by atoms with E-state index >= 15 is 0 Å². The number of rotatable bonds is 5. The maximum absolute atomic E-state index is 12.0. The number of carbonyl (C=O) groups excluding carboxylic acids is 1. The van der Waals surface area contributed by atoms with Crippen LogP contribution in [0.25, 0.3) is 0 Å². The van der Waals surface area contributed by atoms with E-state index < -0.39 is 16.8 Å². The summed E-state index contributed by atoms with van der Waals surface area (Å²) in [4.78, 5) is 24.7. The maximum atomic E-state index is 12.0. The summed E-state index contributed by atoms with van der Waals surface area (Å²) in [5, 5.41) is 8.87. The summed E-state index contributed by atoms with van der Waals surface area (Å²) < 4.78 is 12.0. The largest absolute Gasteiger partial charge is 0.478 e. The number of carboxylic acids is 1. The summed E-state index contributed by atoms with van der Waals surface area (Å²) in [7, 11) is 0.209. The first-order valence-electron chi connectivity index (χ1n) is 5.96. The van der Waals surface area contributed by atoms with Crippen molar-refractivity contribution >= 4 is 22.7 Å². The smallest absolute Gasteiger partial charge is 0.335 e. The molecule has 1 N–H and O–H groups in total. The Kier molecular flexibility index (Phi) is 3.99. The van der Waals surface area contributed by atoms with Gasteiger partial charge in [-0.05, 0) is 31.0 Å². The van der Waals surface area contributed by atoms with E-state index in [9.17, 15) is 13.8 Å². The second kappa shape index (κ2) is 5.52. The van der Waals surface area contributed by atoms with Crippen LogP contribution in [0.5, 0.6) is 0 Å². The lowest BCUT2D eigenvalue weighted by Gasteiger charge is -2.15. The highest BCUT2D eigenvalue weighted by atomic mass is 32.2. The molecule has 1 saturated carbocycles. The molecule has 0 spiro atoms. The Labute approximate surface area is 113 Å². The average Bonchev–Trinajstić information content (AvgIpc) is 3.22. The minimum atomic E-state index is -1.50. The maximum Gasteiger partial charge on any atom is 0.335 e. The van der Waals surface area contributed by atoms with Crippen LogP contribution in [0.3, 0.4) is 0 Å². The van der Waals surface area contributed by atoms with Crippen molar-refractivity contribution in [2.75, 3.05) is 12.8 Å². The van der Waals surface area contributed by atoms with Crippen molar-refractivity contribution in [3.8, 4) is 0 Å². The monoisotopic (exact) mass is 281 g/mol. The molecule has 1 aliphatic carbocycles. The normalized spacial score (nSPS) is 15.8. The standard InChI is InChI=1S/C13H15NO4S/c1-14(10-5-6-10)12(15)8-19(18)11-4-2-3-9(7-11)13(16)17/h2-4,7,10H,5-6,8H2,1H3,(H,16,17). The van der Waals surface area contributed by atoms with Crippen molar-refractivity contribution in [1.82, 2.24) is 4.90 Å². The van der Waals surface area contributed by atoms with Crippen LogP contribution in [-0.2, 0) is 15.6 Å². The summed E-state index contributed by atoms with van der Waals surface area (Å²) in [6.45, 7) is 0. The van der Waals surface area contributed by atoms with Gasteiger partial charge in [0, 0.05) is 18.0 Å². The zero-order valence-corrected chi connectivity index (χ0v) is 11.4. The molecule has 0 radical (unpaired) electrons. The predicted molar refractivity (Wildman–Crippen MR) is 70.5 cm³/mol. The molecule has 1 unspecified atom stereocenters. The van der Waals surface area contributed by atoms with Crippen molar-refractivity contribution in [2.24, 2.45) is 0 Å². The lowest BCUT2D eigenvalue weighted by Crippen LogP contribution is -2.32. The fraction of sp³-hybridized carbons (Fsp3) is 0.385. The topological polar surface area (TPSA) is 74.7 Å². The highest BCUT2D eigenvalue weighted by Crippen LogP contribution is 2.25. The van der Waals surface area contributed by atoms with Gasteiger partial charge >= 0.3 is 5.97 Å². The first-order chi connectivity index (χ1) is 8.99. The van der Waals surface area contributed by atoms with E-state index in [0.717, 1.165) is 12.8 Å². The fourth-order valence-electron chi connectivity index (χ4n) is 1.73. The first kappa shape index (κ1) is 13.7. The van der Waals surface area contributed by atoms with E-state index in [4.69, 9.17) is 5.11 Å². The van der Waals surface area contributed by atoms with Crippen LogP contribution >= 0.6 is 0 Å². The zero-order valence-electron chi connectivity index (χ0n) is 10.5. The minimum Gasteiger partial charge on any atom is -0.478 e. The molecule has 1 aromatic carbocycles. The number of aromatic carboxylic acids is 1. The van der Waals surface area contributed by atoms with Gasteiger partial charge in [-0.15, -0.1) is 0 Å². The van der Waals surface area contributed by atoms with Gasteiger partial charge in [-0.25, -0.2) is 4.79 Å². The summed E-state index contributed by atoms with van der Waals surface area (Å²) >= 11 is 0. The minimum absolute atomic E-state index is 0.0776. The van der Waals surface area contributed by atoms with Crippen molar-refractivity contribution in [1.29, 1.82) is 0 Å². The molecule has 0 saturated heterocycles. The quantitative estimate of drug-likeness (QED) is 0.877. The molecule has 0 aromatic heterocycles. The van der Waals surface area contributed by atoms with E-state index in [1.165, 1.54) is 18.2 Å². The van der Waals surface area contributed by atoms with Gasteiger partial charge < -0.3 is 10.0 Å². The number of nitrogens with zero attached hydrogens (tertiary/aromatic N) is 1. The highest BCUT2D eigenvalue weighted by Gasteiger charge is 2.30. The molecule has 2 rings (SSSR count). The van der Waals surface area contributed by atoms with E-state index in [1.54, 1.807) is 18.0 Å². The Morgan fingerprint density at radius 1 is 1.42 bits per heavy atom. The number of benzene rings is 1. The third-order valence-electron chi connectivity index (χ3n) is 3.09. The van der Waals surface area contributed by atoms with Crippen LogP contribution in [0.2, 0.25) is 0 Å². The highest BCUT2D eigenvalue weighted by molar-refractivity contribution is 7.85. The third-order valence-corrected chi connectivity index (χ3v) is 4.38. The van der Waals surface area contributed by atoms with E-state index in [1.807, 2.05) is 0 Å². The Morgan fingerprint density at radius 3 is 2.68 bits per heavy atom. The van der Waals surface area contributed by atoms with Crippen LogP contribution in [0.1, 0.15) is 23.2 Å². The molecule has 1 fully saturated rings. The summed E-state index contributed by atoms with van der Waals surface area (Å²) in [5.74, 6) is -1.34. The van der Waals surface area contributed by atoms with E-state index in [0.29, 0.717) is 4.90 Å². The van der Waals surface area contributed by atoms with E-state index in [2.05, 4.69) is 0 Å². The molecule has 5 nitrogen and oxygen atoms in total. The number of carboxylic acid groups (broad SMARTS) is 1. The Bertz CT molecular complexity index is 539. The van der Waals surface area contributed by atoms with Gasteiger partial charge in [-0.2, -0.15) is 0 Å². The van der Waals surface area contributed by atoms with Crippen molar-refractivity contribution < 1.29 is 18.9 Å². The van der Waals surface area contributed by atoms with Crippen LogP contribution in [0.4, 0.5) is 0 Å². The lowest BCUT2D eigenvalue weighted by molar-refractivity contribution is -0.127. The molecule has 1 atom stereocenters. The second-order valence-corrected chi connectivity index (χ2v) is 6.01. The van der Waals surface area contributed by atoms with Crippen molar-refractivity contribution in [3.05, 3.63) is 29.8 Å². The summed E-state index contributed by atoms with van der Waals surface area (Å²) in [6.07, 6.45) is 2.01. The Morgan fingerprint density at radius 2 is 2.11 bits per heavy atom. The van der Waals surface area contributed by atoms with Gasteiger partial charge in [0.2, 0.25) is 5.91 Å². The molecule has 1 aliphatic rings. The molecule has 1 amide bonds. The predicted octanol–water partition coefficient (Wildman–Crippen LogP) is 1.11. The van der Waals surface area contributed by atoms with Crippen LogP contribution in [0, 0.1) is 0 Å². The second-order valence-electron chi connectivity index (χ2n) is 4.56. The molecular weight excluding hydrogens is 266 g/mol. The Hall–Kier alpha value is -1.69. The third kappa shape index (κ3) is 3.41. The molecule has 0 aliphatic heterocycles. The summed E-state index contributed by atoms with van der Waals surface area (Å²) in [6, 6.07) is 6.18. The molecule has 0 bridgehead atoms. The van der Waals surface area contributed by atoms with Gasteiger partial charge in [0.1, 0.15) is 5.75 Å². The molecule has 0 heterocycles. The molecular formula is C13H15NO4S. The van der Waals surface area contributed by atoms with Gasteiger partial charge in [-0.3, -0.25) is 9.00 Å². The van der Waals surface area contributed by atoms with Gasteiger partial charge in [0.05, 0.1) is 16.4 Å². The van der Waals surface area contributed by atoms with Crippen LogP contribution < -0.4 is 0 Å². The lowest BCUT2D eigenvalue weighted by atomic mass is 10.2. The van der Waals surface area contributed by atoms with Crippen molar-refractivity contribution in [3.63, 3.8) is 0 Å².